The van der Waals surface area contributed by atoms with Gasteiger partial charge in [-0.1, -0.05) is 30.3 Å². The van der Waals surface area contributed by atoms with Crippen molar-refractivity contribution in [2.24, 2.45) is 0 Å². The van der Waals surface area contributed by atoms with Gasteiger partial charge in [0.25, 0.3) is 0 Å². The van der Waals surface area contributed by atoms with Crippen molar-refractivity contribution in [2.75, 3.05) is 11.9 Å². The Balaban J connectivity index is 1.88. The Morgan fingerprint density at radius 3 is 2.12 bits per heavy atom. The molecule has 2 aromatic carbocycles. The SMILES string of the molecule is CN(c1ccccc1)c1ncc(-c2cccc(C(F)(F)F)c2)cn1. The maximum absolute atomic E-state index is 12.8. The van der Waals surface area contributed by atoms with Gasteiger partial charge < -0.3 is 4.90 Å². The normalized spacial score (nSPS) is 11.3. The second-order valence-electron chi connectivity index (χ2n) is 5.24. The van der Waals surface area contributed by atoms with E-state index in [1.54, 1.807) is 11.0 Å². The fourth-order valence-electron chi connectivity index (χ4n) is 2.29. The predicted octanol–water partition coefficient (Wildman–Crippen LogP) is 4.93. The number of aromatic nitrogens is 2. The van der Waals surface area contributed by atoms with Crippen LogP contribution >= 0.6 is 0 Å². The molecule has 0 atom stereocenters. The molecule has 1 heterocycles. The van der Waals surface area contributed by atoms with Gasteiger partial charge in [0.15, 0.2) is 0 Å². The molecular formula is C18H14F3N3. The van der Waals surface area contributed by atoms with Gasteiger partial charge in [0.1, 0.15) is 0 Å². The van der Waals surface area contributed by atoms with Crippen LogP contribution in [0.2, 0.25) is 0 Å². The average molecular weight is 329 g/mol. The van der Waals surface area contributed by atoms with Gasteiger partial charge in [-0.15, -0.1) is 0 Å². The first-order valence-electron chi connectivity index (χ1n) is 7.23. The predicted molar refractivity (Wildman–Crippen MR) is 87.0 cm³/mol. The van der Waals surface area contributed by atoms with Gasteiger partial charge >= 0.3 is 6.18 Å². The number of rotatable bonds is 3. The quantitative estimate of drug-likeness (QED) is 0.682. The third-order valence-corrected chi connectivity index (χ3v) is 3.60. The van der Waals surface area contributed by atoms with Crippen molar-refractivity contribution >= 4 is 11.6 Å². The number of nitrogens with zero attached hydrogens (tertiary/aromatic N) is 3. The zero-order valence-electron chi connectivity index (χ0n) is 12.8. The maximum atomic E-state index is 12.8. The minimum absolute atomic E-state index is 0.429. The second kappa shape index (κ2) is 6.31. The lowest BCUT2D eigenvalue weighted by Gasteiger charge is -2.17. The molecule has 0 saturated carbocycles. The molecule has 0 aliphatic heterocycles. The fourth-order valence-corrected chi connectivity index (χ4v) is 2.29. The molecule has 122 valence electrons. The summed E-state index contributed by atoms with van der Waals surface area (Å²) >= 11 is 0. The Hall–Kier alpha value is -2.89. The van der Waals surface area contributed by atoms with Crippen molar-refractivity contribution in [3.63, 3.8) is 0 Å². The summed E-state index contributed by atoms with van der Waals surface area (Å²) in [4.78, 5) is 10.3. The molecule has 0 spiro atoms. The third-order valence-electron chi connectivity index (χ3n) is 3.60. The molecule has 0 amide bonds. The van der Waals surface area contributed by atoms with Crippen LogP contribution in [-0.4, -0.2) is 17.0 Å². The zero-order chi connectivity index (χ0) is 17.2. The van der Waals surface area contributed by atoms with E-state index in [2.05, 4.69) is 9.97 Å². The summed E-state index contributed by atoms with van der Waals surface area (Å²) in [5.74, 6) is 0.469. The van der Waals surface area contributed by atoms with E-state index < -0.39 is 11.7 Å². The molecule has 0 saturated heterocycles. The van der Waals surface area contributed by atoms with Crippen molar-refractivity contribution < 1.29 is 13.2 Å². The van der Waals surface area contributed by atoms with Gasteiger partial charge in [-0.05, 0) is 29.8 Å². The Labute approximate surface area is 137 Å². The summed E-state index contributed by atoms with van der Waals surface area (Å²) in [5, 5.41) is 0. The van der Waals surface area contributed by atoms with E-state index in [1.165, 1.54) is 18.5 Å². The first-order chi connectivity index (χ1) is 11.4. The Morgan fingerprint density at radius 2 is 1.50 bits per heavy atom. The molecule has 3 nitrogen and oxygen atoms in total. The highest BCUT2D eigenvalue weighted by molar-refractivity contribution is 5.64. The lowest BCUT2D eigenvalue weighted by atomic mass is 10.1. The molecule has 24 heavy (non-hydrogen) atoms. The van der Waals surface area contributed by atoms with Crippen molar-refractivity contribution in [3.8, 4) is 11.1 Å². The summed E-state index contributed by atoms with van der Waals surface area (Å²) in [5.41, 5.74) is 1.19. The molecule has 0 fully saturated rings. The first-order valence-corrected chi connectivity index (χ1v) is 7.23. The average Bonchev–Trinajstić information content (AvgIpc) is 2.61. The van der Waals surface area contributed by atoms with Crippen molar-refractivity contribution in [2.45, 2.75) is 6.18 Å². The monoisotopic (exact) mass is 329 g/mol. The van der Waals surface area contributed by atoms with Crippen LogP contribution in [0, 0.1) is 0 Å². The topological polar surface area (TPSA) is 29.0 Å². The highest BCUT2D eigenvalue weighted by Gasteiger charge is 2.30. The van der Waals surface area contributed by atoms with Gasteiger partial charge in [0.2, 0.25) is 5.95 Å². The van der Waals surface area contributed by atoms with Crippen LogP contribution in [0.3, 0.4) is 0 Å². The lowest BCUT2D eigenvalue weighted by Crippen LogP contribution is -2.12. The highest BCUT2D eigenvalue weighted by atomic mass is 19.4. The Morgan fingerprint density at radius 1 is 0.833 bits per heavy atom. The van der Waals surface area contributed by atoms with Crippen LogP contribution in [0.4, 0.5) is 24.8 Å². The fraction of sp³-hybridized carbons (Fsp3) is 0.111. The van der Waals surface area contributed by atoms with Gasteiger partial charge in [-0.2, -0.15) is 13.2 Å². The van der Waals surface area contributed by atoms with Gasteiger partial charge in [0, 0.05) is 30.7 Å². The molecule has 3 rings (SSSR count). The summed E-state index contributed by atoms with van der Waals surface area (Å²) in [7, 11) is 1.83. The van der Waals surface area contributed by atoms with Crippen LogP contribution in [-0.2, 0) is 6.18 Å². The van der Waals surface area contributed by atoms with Crippen LogP contribution in [0.5, 0.6) is 0 Å². The summed E-state index contributed by atoms with van der Waals surface area (Å²) in [6, 6.07) is 14.7. The molecule has 0 bridgehead atoms. The van der Waals surface area contributed by atoms with Crippen LogP contribution in [0.1, 0.15) is 5.56 Å². The number of benzene rings is 2. The van der Waals surface area contributed by atoms with E-state index >= 15 is 0 Å². The van der Waals surface area contributed by atoms with Gasteiger partial charge in [-0.3, -0.25) is 0 Å². The lowest BCUT2D eigenvalue weighted by molar-refractivity contribution is -0.137. The molecular weight excluding hydrogens is 315 g/mol. The zero-order valence-corrected chi connectivity index (χ0v) is 12.8. The van der Waals surface area contributed by atoms with Crippen molar-refractivity contribution in [3.05, 3.63) is 72.6 Å². The maximum Gasteiger partial charge on any atom is 0.416 e. The van der Waals surface area contributed by atoms with E-state index in [1.807, 2.05) is 37.4 Å². The molecule has 1 aromatic heterocycles. The Bertz CT molecular complexity index is 815. The van der Waals surface area contributed by atoms with E-state index in [-0.39, 0.29) is 0 Å². The summed E-state index contributed by atoms with van der Waals surface area (Å²) in [6.07, 6.45) is -1.32. The third kappa shape index (κ3) is 3.37. The highest BCUT2D eigenvalue weighted by Crippen LogP contribution is 2.32. The minimum Gasteiger partial charge on any atom is -0.314 e. The largest absolute Gasteiger partial charge is 0.416 e. The van der Waals surface area contributed by atoms with E-state index in [0.29, 0.717) is 17.1 Å². The number of anilines is 2. The van der Waals surface area contributed by atoms with Gasteiger partial charge in [-0.25, -0.2) is 9.97 Å². The molecule has 0 unspecified atom stereocenters. The van der Waals surface area contributed by atoms with Crippen molar-refractivity contribution in [1.82, 2.24) is 9.97 Å². The van der Waals surface area contributed by atoms with E-state index in [9.17, 15) is 13.2 Å². The number of para-hydroxylation sites is 1. The molecule has 0 aliphatic carbocycles. The minimum atomic E-state index is -4.37. The first kappa shape index (κ1) is 16.0. The van der Waals surface area contributed by atoms with Crippen LogP contribution in [0.15, 0.2) is 67.0 Å². The van der Waals surface area contributed by atoms with Crippen LogP contribution in [0.25, 0.3) is 11.1 Å². The van der Waals surface area contributed by atoms with Gasteiger partial charge in [0.05, 0.1) is 5.56 Å². The molecule has 0 radical (unpaired) electrons. The van der Waals surface area contributed by atoms with Crippen molar-refractivity contribution in [1.29, 1.82) is 0 Å². The number of halogens is 3. The van der Waals surface area contributed by atoms with E-state index in [0.717, 1.165) is 17.8 Å². The standard InChI is InChI=1S/C18H14F3N3/c1-24(16-8-3-2-4-9-16)17-22-11-14(12-23-17)13-6-5-7-15(10-13)18(19,20)21/h2-12H,1H3. The second-order valence-corrected chi connectivity index (χ2v) is 5.24. The van der Waals surface area contributed by atoms with E-state index in [4.69, 9.17) is 0 Å². The number of hydrogen-bond acceptors (Lipinski definition) is 3. The number of hydrogen-bond donors (Lipinski definition) is 0. The molecule has 6 heteroatoms. The summed E-state index contributed by atoms with van der Waals surface area (Å²) in [6.45, 7) is 0. The smallest absolute Gasteiger partial charge is 0.314 e. The summed E-state index contributed by atoms with van der Waals surface area (Å²) < 4.78 is 38.4. The molecule has 0 aliphatic rings. The molecule has 0 N–H and O–H groups in total. The number of alkyl halides is 3. The van der Waals surface area contributed by atoms with Crippen LogP contribution < -0.4 is 4.90 Å². The molecule has 3 aromatic rings. The Kier molecular flexibility index (Phi) is 4.20.